The lowest BCUT2D eigenvalue weighted by Gasteiger charge is -2.11. The summed E-state index contributed by atoms with van der Waals surface area (Å²) in [6, 6.07) is 8.13. The topological polar surface area (TPSA) is 68.8 Å². The number of nitrogens with zero attached hydrogens (tertiary/aromatic N) is 5. The fraction of sp³-hybridized carbons (Fsp3) is 0.438. The van der Waals surface area contributed by atoms with Crippen LogP contribution in [0.2, 0.25) is 0 Å². The van der Waals surface area contributed by atoms with Gasteiger partial charge in [0.25, 0.3) is 0 Å². The van der Waals surface area contributed by atoms with Gasteiger partial charge in [0.05, 0.1) is 30.7 Å². The van der Waals surface area contributed by atoms with Crippen LogP contribution in [0.1, 0.15) is 37.2 Å². The van der Waals surface area contributed by atoms with E-state index >= 15 is 0 Å². The van der Waals surface area contributed by atoms with Gasteiger partial charge in [0.1, 0.15) is 17.5 Å². The first-order valence-corrected chi connectivity index (χ1v) is 7.56. The summed E-state index contributed by atoms with van der Waals surface area (Å²) < 4.78 is 3.96. The third-order valence-electron chi connectivity index (χ3n) is 3.67. The van der Waals surface area contributed by atoms with E-state index in [1.807, 2.05) is 25.1 Å². The minimum Gasteiger partial charge on any atom is -0.394 e. The van der Waals surface area contributed by atoms with E-state index in [1.54, 1.807) is 4.68 Å². The Morgan fingerprint density at radius 3 is 2.68 bits per heavy atom. The summed E-state index contributed by atoms with van der Waals surface area (Å²) in [6.07, 6.45) is 0. The Hall–Kier alpha value is -2.21. The molecule has 6 nitrogen and oxygen atoms in total. The number of aliphatic hydroxyl groups is 1. The van der Waals surface area contributed by atoms with Gasteiger partial charge in [0.15, 0.2) is 0 Å². The molecule has 2 aromatic heterocycles. The monoisotopic (exact) mass is 299 g/mol. The molecule has 0 amide bonds. The number of benzene rings is 1. The Kier molecular flexibility index (Phi) is 3.94. The van der Waals surface area contributed by atoms with Gasteiger partial charge in [-0.15, -0.1) is 0 Å². The van der Waals surface area contributed by atoms with Crippen molar-refractivity contribution in [1.82, 2.24) is 24.3 Å². The molecule has 0 aliphatic rings. The average Bonchev–Trinajstić information content (AvgIpc) is 3.01. The number of fused-ring (bicyclic) bond motifs is 1. The normalized spacial score (nSPS) is 11.7. The van der Waals surface area contributed by atoms with Crippen molar-refractivity contribution in [2.24, 2.45) is 0 Å². The zero-order valence-corrected chi connectivity index (χ0v) is 13.2. The third-order valence-corrected chi connectivity index (χ3v) is 3.67. The molecule has 0 radical (unpaired) electrons. The van der Waals surface area contributed by atoms with E-state index in [0.29, 0.717) is 19.0 Å². The standard InChI is InChI=1S/C16H21N5O/c1-11(2)16-18-13-6-4-5-7-14(13)20(16)10-15-17-12(3)19-21(15)8-9-22/h4-7,11,22H,8-10H2,1-3H3. The van der Waals surface area contributed by atoms with Gasteiger partial charge in [0, 0.05) is 5.92 Å². The smallest absolute Gasteiger partial charge is 0.147 e. The predicted molar refractivity (Wildman–Crippen MR) is 84.8 cm³/mol. The average molecular weight is 299 g/mol. The van der Waals surface area contributed by atoms with E-state index in [2.05, 4.69) is 34.6 Å². The van der Waals surface area contributed by atoms with Crippen LogP contribution >= 0.6 is 0 Å². The lowest BCUT2D eigenvalue weighted by Crippen LogP contribution is -2.14. The zero-order chi connectivity index (χ0) is 15.7. The van der Waals surface area contributed by atoms with Crippen LogP contribution in [0.4, 0.5) is 0 Å². The number of aryl methyl sites for hydroxylation is 1. The van der Waals surface area contributed by atoms with E-state index in [1.165, 1.54) is 0 Å². The first-order chi connectivity index (χ1) is 10.6. The maximum absolute atomic E-state index is 9.19. The van der Waals surface area contributed by atoms with Gasteiger partial charge < -0.3 is 9.67 Å². The third kappa shape index (κ3) is 2.62. The van der Waals surface area contributed by atoms with Crippen molar-refractivity contribution >= 4 is 11.0 Å². The van der Waals surface area contributed by atoms with Gasteiger partial charge in [-0.1, -0.05) is 26.0 Å². The molecule has 0 aliphatic carbocycles. The summed E-state index contributed by atoms with van der Waals surface area (Å²) in [5.41, 5.74) is 2.10. The van der Waals surface area contributed by atoms with Crippen molar-refractivity contribution in [3.8, 4) is 0 Å². The second-order valence-electron chi connectivity index (χ2n) is 5.72. The Balaban J connectivity index is 2.08. The summed E-state index contributed by atoms with van der Waals surface area (Å²) in [4.78, 5) is 9.25. The van der Waals surface area contributed by atoms with E-state index in [-0.39, 0.29) is 6.61 Å². The molecule has 22 heavy (non-hydrogen) atoms. The highest BCUT2D eigenvalue weighted by molar-refractivity contribution is 5.76. The molecule has 0 saturated heterocycles. The van der Waals surface area contributed by atoms with Crippen molar-refractivity contribution in [2.75, 3.05) is 6.61 Å². The lowest BCUT2D eigenvalue weighted by molar-refractivity contribution is 0.266. The highest BCUT2D eigenvalue weighted by Gasteiger charge is 2.16. The summed E-state index contributed by atoms with van der Waals surface area (Å²) >= 11 is 0. The fourth-order valence-corrected chi connectivity index (χ4v) is 2.73. The molecule has 3 aromatic rings. The first kappa shape index (κ1) is 14.7. The molecule has 3 rings (SSSR count). The molecule has 116 valence electrons. The Morgan fingerprint density at radius 2 is 1.95 bits per heavy atom. The zero-order valence-electron chi connectivity index (χ0n) is 13.2. The summed E-state index contributed by atoms with van der Waals surface area (Å²) in [7, 11) is 0. The van der Waals surface area contributed by atoms with Crippen LogP contribution in [0.3, 0.4) is 0 Å². The van der Waals surface area contributed by atoms with Crippen molar-refractivity contribution in [3.05, 3.63) is 41.7 Å². The van der Waals surface area contributed by atoms with E-state index in [0.717, 1.165) is 28.5 Å². The number of rotatable bonds is 5. The quantitative estimate of drug-likeness (QED) is 0.783. The number of hydrogen-bond acceptors (Lipinski definition) is 4. The van der Waals surface area contributed by atoms with Gasteiger partial charge in [-0.25, -0.2) is 14.6 Å². The van der Waals surface area contributed by atoms with E-state index in [4.69, 9.17) is 4.98 Å². The highest BCUT2D eigenvalue weighted by atomic mass is 16.3. The van der Waals surface area contributed by atoms with Crippen molar-refractivity contribution in [1.29, 1.82) is 0 Å². The van der Waals surface area contributed by atoms with Crippen LogP contribution in [0.25, 0.3) is 11.0 Å². The van der Waals surface area contributed by atoms with Gasteiger partial charge in [-0.05, 0) is 19.1 Å². The molecular formula is C16H21N5O. The van der Waals surface area contributed by atoms with Crippen molar-refractivity contribution in [3.63, 3.8) is 0 Å². The minimum atomic E-state index is 0.0531. The molecule has 6 heteroatoms. The van der Waals surface area contributed by atoms with Gasteiger partial charge in [-0.3, -0.25) is 0 Å². The lowest BCUT2D eigenvalue weighted by atomic mass is 10.2. The highest BCUT2D eigenvalue weighted by Crippen LogP contribution is 2.22. The van der Waals surface area contributed by atoms with E-state index in [9.17, 15) is 5.11 Å². The Labute approximate surface area is 129 Å². The molecule has 1 N–H and O–H groups in total. The predicted octanol–water partition coefficient (Wildman–Crippen LogP) is 2.10. The van der Waals surface area contributed by atoms with Crippen LogP contribution in [0, 0.1) is 6.92 Å². The molecule has 0 unspecified atom stereocenters. The number of aliphatic hydroxyl groups excluding tert-OH is 1. The van der Waals surface area contributed by atoms with Crippen LogP contribution in [-0.2, 0) is 13.1 Å². The Bertz CT molecular complexity index is 787. The number of para-hydroxylation sites is 2. The molecule has 0 bridgehead atoms. The minimum absolute atomic E-state index is 0.0531. The summed E-state index contributed by atoms with van der Waals surface area (Å²) in [5, 5.41) is 13.5. The second-order valence-corrected chi connectivity index (χ2v) is 5.72. The van der Waals surface area contributed by atoms with Crippen molar-refractivity contribution < 1.29 is 5.11 Å². The second kappa shape index (κ2) is 5.88. The van der Waals surface area contributed by atoms with Crippen LogP contribution in [0.5, 0.6) is 0 Å². The molecule has 2 heterocycles. The molecular weight excluding hydrogens is 278 g/mol. The summed E-state index contributed by atoms with van der Waals surface area (Å²) in [5.74, 6) is 2.93. The largest absolute Gasteiger partial charge is 0.394 e. The van der Waals surface area contributed by atoms with Gasteiger partial charge >= 0.3 is 0 Å². The van der Waals surface area contributed by atoms with Crippen LogP contribution < -0.4 is 0 Å². The van der Waals surface area contributed by atoms with Gasteiger partial charge in [-0.2, -0.15) is 5.10 Å². The number of aromatic nitrogens is 5. The fourth-order valence-electron chi connectivity index (χ4n) is 2.73. The van der Waals surface area contributed by atoms with Crippen LogP contribution in [0.15, 0.2) is 24.3 Å². The van der Waals surface area contributed by atoms with Crippen molar-refractivity contribution in [2.45, 2.75) is 39.8 Å². The molecule has 0 atom stereocenters. The Morgan fingerprint density at radius 1 is 1.18 bits per heavy atom. The molecule has 0 saturated carbocycles. The number of imidazole rings is 1. The molecule has 0 aliphatic heterocycles. The van der Waals surface area contributed by atoms with Gasteiger partial charge in [0.2, 0.25) is 0 Å². The maximum Gasteiger partial charge on any atom is 0.147 e. The summed E-state index contributed by atoms with van der Waals surface area (Å²) in [6.45, 7) is 7.27. The number of hydrogen-bond donors (Lipinski definition) is 1. The maximum atomic E-state index is 9.19. The molecule has 1 aromatic carbocycles. The SMILES string of the molecule is Cc1nc(Cn2c(C(C)C)nc3ccccc32)n(CCO)n1. The molecule has 0 fully saturated rings. The van der Waals surface area contributed by atoms with Crippen LogP contribution in [-0.4, -0.2) is 36.0 Å². The van der Waals surface area contributed by atoms with E-state index < -0.39 is 0 Å². The molecule has 0 spiro atoms. The first-order valence-electron chi connectivity index (χ1n) is 7.56.